The summed E-state index contributed by atoms with van der Waals surface area (Å²) in [7, 11) is 4.14. The quantitative estimate of drug-likeness (QED) is 0.420. The van der Waals surface area contributed by atoms with Crippen molar-refractivity contribution in [2.45, 2.75) is 64.3 Å². The zero-order valence-corrected chi connectivity index (χ0v) is 17.1. The van der Waals surface area contributed by atoms with Crippen LogP contribution in [-0.4, -0.2) is 74.7 Å². The molecule has 0 radical (unpaired) electrons. The number of nitrogens with one attached hydrogen (secondary N) is 2. The topological polar surface area (TPSA) is 42.9 Å². The standard InChI is InChI=1S/C20H41N5/c1-18(2)9-8-12-22-19(21-3)23-17-20(10-15-24(4)16-11-20)25-13-6-5-7-14-25/h18H,5-17H2,1-4H3,(H2,21,22,23). The smallest absolute Gasteiger partial charge is 0.191 e. The van der Waals surface area contributed by atoms with Crippen LogP contribution in [0.1, 0.15) is 58.8 Å². The summed E-state index contributed by atoms with van der Waals surface area (Å²) in [4.78, 5) is 9.70. The number of piperidine rings is 2. The summed E-state index contributed by atoms with van der Waals surface area (Å²) in [5, 5.41) is 7.16. The molecule has 0 spiro atoms. The molecule has 2 aliphatic rings. The minimum Gasteiger partial charge on any atom is -0.356 e. The third kappa shape index (κ3) is 6.45. The van der Waals surface area contributed by atoms with Crippen molar-refractivity contribution in [1.82, 2.24) is 20.4 Å². The number of hydrogen-bond donors (Lipinski definition) is 2. The Kier molecular flexibility index (Phi) is 8.50. The Morgan fingerprint density at radius 3 is 2.32 bits per heavy atom. The van der Waals surface area contributed by atoms with Crippen LogP contribution in [0.25, 0.3) is 0 Å². The SMILES string of the molecule is CN=C(NCCCC(C)C)NCC1(N2CCCCC2)CCN(C)CC1. The molecule has 0 unspecified atom stereocenters. The molecule has 2 N–H and O–H groups in total. The molecule has 0 aromatic carbocycles. The molecule has 0 aromatic heterocycles. The van der Waals surface area contributed by atoms with Gasteiger partial charge in [-0.25, -0.2) is 0 Å². The third-order valence-corrected chi connectivity index (χ3v) is 6.00. The molecule has 0 saturated carbocycles. The van der Waals surface area contributed by atoms with E-state index in [1.165, 1.54) is 71.1 Å². The molecule has 0 bridgehead atoms. The van der Waals surface area contributed by atoms with Gasteiger partial charge in [0.2, 0.25) is 0 Å². The van der Waals surface area contributed by atoms with Crippen LogP contribution in [0.5, 0.6) is 0 Å². The zero-order chi connectivity index (χ0) is 18.1. The van der Waals surface area contributed by atoms with E-state index in [0.717, 1.165) is 25.0 Å². The molecule has 0 amide bonds. The lowest BCUT2D eigenvalue weighted by molar-refractivity contribution is 0.0173. The van der Waals surface area contributed by atoms with Crippen molar-refractivity contribution in [3.05, 3.63) is 0 Å². The van der Waals surface area contributed by atoms with Gasteiger partial charge in [0.25, 0.3) is 0 Å². The minimum absolute atomic E-state index is 0.308. The molecule has 146 valence electrons. The lowest BCUT2D eigenvalue weighted by Crippen LogP contribution is -2.62. The first-order chi connectivity index (χ1) is 12.1. The largest absolute Gasteiger partial charge is 0.356 e. The van der Waals surface area contributed by atoms with Crippen molar-refractivity contribution in [1.29, 1.82) is 0 Å². The van der Waals surface area contributed by atoms with Gasteiger partial charge in [0.15, 0.2) is 5.96 Å². The highest BCUT2D eigenvalue weighted by Crippen LogP contribution is 2.30. The summed E-state index contributed by atoms with van der Waals surface area (Å²) < 4.78 is 0. The fourth-order valence-electron chi connectivity index (χ4n) is 4.19. The Morgan fingerprint density at radius 2 is 1.72 bits per heavy atom. The van der Waals surface area contributed by atoms with Crippen molar-refractivity contribution < 1.29 is 0 Å². The molecule has 2 rings (SSSR count). The van der Waals surface area contributed by atoms with E-state index in [1.807, 2.05) is 7.05 Å². The molecule has 2 fully saturated rings. The van der Waals surface area contributed by atoms with Gasteiger partial charge < -0.3 is 15.5 Å². The van der Waals surface area contributed by atoms with E-state index in [-0.39, 0.29) is 0 Å². The van der Waals surface area contributed by atoms with Crippen LogP contribution >= 0.6 is 0 Å². The highest BCUT2D eigenvalue weighted by molar-refractivity contribution is 5.79. The fraction of sp³-hybridized carbons (Fsp3) is 0.950. The molecular formula is C20H41N5. The molecule has 0 aromatic rings. The number of likely N-dealkylation sites (tertiary alicyclic amines) is 2. The molecule has 0 aliphatic carbocycles. The maximum atomic E-state index is 4.45. The molecule has 0 atom stereocenters. The Hall–Kier alpha value is -0.810. The molecule has 5 heteroatoms. The Bertz CT molecular complexity index is 393. The lowest BCUT2D eigenvalue weighted by Gasteiger charge is -2.50. The van der Waals surface area contributed by atoms with Crippen molar-refractivity contribution in [2.24, 2.45) is 10.9 Å². The Labute approximate surface area is 155 Å². The molecule has 25 heavy (non-hydrogen) atoms. The van der Waals surface area contributed by atoms with Gasteiger partial charge in [-0.05, 0) is 77.7 Å². The van der Waals surface area contributed by atoms with E-state index in [0.29, 0.717) is 5.54 Å². The molecule has 2 saturated heterocycles. The zero-order valence-electron chi connectivity index (χ0n) is 17.1. The highest BCUT2D eigenvalue weighted by Gasteiger charge is 2.39. The second-order valence-corrected chi connectivity index (χ2v) is 8.46. The van der Waals surface area contributed by atoms with Gasteiger partial charge in [0, 0.05) is 25.7 Å². The first kappa shape index (κ1) is 20.5. The maximum Gasteiger partial charge on any atom is 0.191 e. The van der Waals surface area contributed by atoms with Crippen molar-refractivity contribution in [3.8, 4) is 0 Å². The molecule has 5 nitrogen and oxygen atoms in total. The number of rotatable bonds is 7. The van der Waals surface area contributed by atoms with Crippen LogP contribution in [0.4, 0.5) is 0 Å². The summed E-state index contributed by atoms with van der Waals surface area (Å²) in [6.45, 7) is 11.6. The normalized spacial score (nSPS) is 23.0. The summed E-state index contributed by atoms with van der Waals surface area (Å²) in [5.41, 5.74) is 0.308. The van der Waals surface area contributed by atoms with Crippen LogP contribution in [0.3, 0.4) is 0 Å². The van der Waals surface area contributed by atoms with Crippen LogP contribution in [0.2, 0.25) is 0 Å². The van der Waals surface area contributed by atoms with E-state index in [4.69, 9.17) is 0 Å². The monoisotopic (exact) mass is 351 g/mol. The van der Waals surface area contributed by atoms with Gasteiger partial charge in [0.1, 0.15) is 0 Å². The Balaban J connectivity index is 1.87. The molecule has 2 heterocycles. The lowest BCUT2D eigenvalue weighted by atomic mass is 9.84. The highest BCUT2D eigenvalue weighted by atomic mass is 15.3. The second-order valence-electron chi connectivity index (χ2n) is 8.46. The number of guanidine groups is 1. The van der Waals surface area contributed by atoms with E-state index in [2.05, 4.69) is 46.3 Å². The fourth-order valence-corrected chi connectivity index (χ4v) is 4.19. The first-order valence-electron chi connectivity index (χ1n) is 10.4. The predicted octanol–water partition coefficient (Wildman–Crippen LogP) is 2.54. The summed E-state index contributed by atoms with van der Waals surface area (Å²) in [6, 6.07) is 0. The van der Waals surface area contributed by atoms with Gasteiger partial charge in [-0.2, -0.15) is 0 Å². The van der Waals surface area contributed by atoms with Crippen LogP contribution in [0, 0.1) is 5.92 Å². The van der Waals surface area contributed by atoms with E-state index >= 15 is 0 Å². The average Bonchev–Trinajstić information content (AvgIpc) is 2.63. The van der Waals surface area contributed by atoms with Gasteiger partial charge in [-0.1, -0.05) is 20.3 Å². The second kappa shape index (κ2) is 10.4. The van der Waals surface area contributed by atoms with Crippen LogP contribution < -0.4 is 10.6 Å². The maximum absolute atomic E-state index is 4.45. The summed E-state index contributed by atoms with van der Waals surface area (Å²) in [5.74, 6) is 1.75. The van der Waals surface area contributed by atoms with Crippen molar-refractivity contribution in [2.75, 3.05) is 53.4 Å². The number of hydrogen-bond acceptors (Lipinski definition) is 3. The molecule has 2 aliphatic heterocycles. The van der Waals surface area contributed by atoms with Gasteiger partial charge >= 0.3 is 0 Å². The predicted molar refractivity (Wildman–Crippen MR) is 108 cm³/mol. The Morgan fingerprint density at radius 1 is 1.04 bits per heavy atom. The summed E-state index contributed by atoms with van der Waals surface area (Å²) >= 11 is 0. The van der Waals surface area contributed by atoms with Gasteiger partial charge in [-0.15, -0.1) is 0 Å². The average molecular weight is 352 g/mol. The van der Waals surface area contributed by atoms with Gasteiger partial charge in [0.05, 0.1) is 0 Å². The third-order valence-electron chi connectivity index (χ3n) is 6.00. The van der Waals surface area contributed by atoms with E-state index < -0.39 is 0 Å². The van der Waals surface area contributed by atoms with Crippen LogP contribution in [-0.2, 0) is 0 Å². The first-order valence-corrected chi connectivity index (χ1v) is 10.4. The number of nitrogens with zero attached hydrogens (tertiary/aromatic N) is 3. The van der Waals surface area contributed by atoms with E-state index in [1.54, 1.807) is 0 Å². The van der Waals surface area contributed by atoms with Gasteiger partial charge in [-0.3, -0.25) is 9.89 Å². The van der Waals surface area contributed by atoms with Crippen molar-refractivity contribution >= 4 is 5.96 Å². The van der Waals surface area contributed by atoms with E-state index in [9.17, 15) is 0 Å². The summed E-state index contributed by atoms with van der Waals surface area (Å²) in [6.07, 6.45) is 9.13. The van der Waals surface area contributed by atoms with Crippen molar-refractivity contribution in [3.63, 3.8) is 0 Å². The number of aliphatic imine (C=N–C) groups is 1. The minimum atomic E-state index is 0.308. The molecular weight excluding hydrogens is 310 g/mol. The van der Waals surface area contributed by atoms with Crippen LogP contribution in [0.15, 0.2) is 4.99 Å².